The maximum atomic E-state index is 13.7. The Labute approximate surface area is 112 Å². The second kappa shape index (κ2) is 5.06. The van der Waals surface area contributed by atoms with Gasteiger partial charge in [0.15, 0.2) is 0 Å². The molecular weight excluding hydrogens is 304 g/mol. The summed E-state index contributed by atoms with van der Waals surface area (Å²) in [4.78, 5) is 4.08. The van der Waals surface area contributed by atoms with Crippen LogP contribution >= 0.6 is 15.9 Å². The number of hydrogen-bond acceptors (Lipinski definition) is 2. The first-order valence-corrected chi connectivity index (χ1v) is 6.22. The van der Waals surface area contributed by atoms with Gasteiger partial charge in [-0.3, -0.25) is 0 Å². The highest BCUT2D eigenvalue weighted by atomic mass is 79.9. The quantitative estimate of drug-likeness (QED) is 0.858. The summed E-state index contributed by atoms with van der Waals surface area (Å²) < 4.78 is 29.0. The number of hydrogen-bond donors (Lipinski definition) is 1. The van der Waals surface area contributed by atoms with Crippen molar-refractivity contribution in [1.82, 2.24) is 9.55 Å². The second-order valence-electron chi connectivity index (χ2n) is 4.12. The third-order valence-electron chi connectivity index (χ3n) is 2.48. The van der Waals surface area contributed by atoms with Crippen LogP contribution in [0.1, 0.15) is 19.9 Å². The van der Waals surface area contributed by atoms with E-state index in [2.05, 4.69) is 26.2 Å². The van der Waals surface area contributed by atoms with Crippen LogP contribution in [-0.4, -0.2) is 9.55 Å². The van der Waals surface area contributed by atoms with E-state index < -0.39 is 11.6 Å². The summed E-state index contributed by atoms with van der Waals surface area (Å²) >= 11 is 2.93. The van der Waals surface area contributed by atoms with Crippen molar-refractivity contribution < 1.29 is 8.78 Å². The van der Waals surface area contributed by atoms with Crippen LogP contribution in [0.25, 0.3) is 0 Å². The highest BCUT2D eigenvalue weighted by Crippen LogP contribution is 2.26. The van der Waals surface area contributed by atoms with E-state index in [0.29, 0.717) is 5.95 Å². The SMILES string of the molecule is CC(C)n1ccnc1Nc1cc(F)c(Br)cc1F. The zero-order valence-electron chi connectivity index (χ0n) is 9.92. The minimum absolute atomic E-state index is 0.0591. The van der Waals surface area contributed by atoms with Crippen LogP contribution < -0.4 is 5.32 Å². The molecule has 0 aliphatic carbocycles. The maximum Gasteiger partial charge on any atom is 0.207 e. The van der Waals surface area contributed by atoms with Crippen LogP contribution in [0.15, 0.2) is 29.0 Å². The Balaban J connectivity index is 2.34. The van der Waals surface area contributed by atoms with Gasteiger partial charge in [-0.2, -0.15) is 0 Å². The Morgan fingerprint density at radius 1 is 1.28 bits per heavy atom. The van der Waals surface area contributed by atoms with Gasteiger partial charge in [0, 0.05) is 24.5 Å². The van der Waals surface area contributed by atoms with E-state index in [9.17, 15) is 8.78 Å². The average Bonchev–Trinajstić information content (AvgIpc) is 2.74. The predicted molar refractivity (Wildman–Crippen MR) is 70.0 cm³/mol. The fourth-order valence-electron chi connectivity index (χ4n) is 1.57. The van der Waals surface area contributed by atoms with E-state index in [1.807, 2.05) is 18.4 Å². The molecule has 6 heteroatoms. The second-order valence-corrected chi connectivity index (χ2v) is 4.98. The summed E-state index contributed by atoms with van der Waals surface area (Å²) in [7, 11) is 0. The number of imidazole rings is 1. The summed E-state index contributed by atoms with van der Waals surface area (Å²) in [5.74, 6) is -0.589. The molecule has 0 amide bonds. The number of rotatable bonds is 3. The van der Waals surface area contributed by atoms with Crippen molar-refractivity contribution in [2.45, 2.75) is 19.9 Å². The molecule has 0 saturated heterocycles. The van der Waals surface area contributed by atoms with Gasteiger partial charge in [-0.15, -0.1) is 0 Å². The van der Waals surface area contributed by atoms with Crippen molar-refractivity contribution in [3.05, 3.63) is 40.6 Å². The molecule has 0 radical (unpaired) electrons. The molecule has 0 atom stereocenters. The van der Waals surface area contributed by atoms with Crippen LogP contribution in [0.3, 0.4) is 0 Å². The molecular formula is C12H12BrF2N3. The van der Waals surface area contributed by atoms with E-state index in [4.69, 9.17) is 0 Å². The molecule has 0 unspecified atom stereocenters. The fraction of sp³-hybridized carbons (Fsp3) is 0.250. The van der Waals surface area contributed by atoms with E-state index in [1.54, 1.807) is 12.4 Å². The Hall–Kier alpha value is -1.43. The van der Waals surface area contributed by atoms with Crippen molar-refractivity contribution in [2.24, 2.45) is 0 Å². The molecule has 1 N–H and O–H groups in total. The molecule has 2 aromatic rings. The summed E-state index contributed by atoms with van der Waals surface area (Å²) in [6.07, 6.45) is 3.38. The Morgan fingerprint density at radius 3 is 2.67 bits per heavy atom. The lowest BCUT2D eigenvalue weighted by Gasteiger charge is -2.13. The van der Waals surface area contributed by atoms with Crippen LogP contribution in [0.2, 0.25) is 0 Å². The number of nitrogens with one attached hydrogen (secondary N) is 1. The van der Waals surface area contributed by atoms with Crippen molar-refractivity contribution in [3.8, 4) is 0 Å². The van der Waals surface area contributed by atoms with Crippen LogP contribution in [-0.2, 0) is 0 Å². The molecule has 1 aromatic heterocycles. The fourth-order valence-corrected chi connectivity index (χ4v) is 1.88. The minimum Gasteiger partial charge on any atom is -0.323 e. The molecule has 2 rings (SSSR count). The highest BCUT2D eigenvalue weighted by molar-refractivity contribution is 9.10. The topological polar surface area (TPSA) is 29.9 Å². The van der Waals surface area contributed by atoms with Crippen LogP contribution in [0.5, 0.6) is 0 Å². The first-order valence-electron chi connectivity index (χ1n) is 5.43. The van der Waals surface area contributed by atoms with Gasteiger partial charge in [0.2, 0.25) is 5.95 Å². The predicted octanol–water partition coefficient (Wildman–Crippen LogP) is 4.25. The van der Waals surface area contributed by atoms with Crippen molar-refractivity contribution in [1.29, 1.82) is 0 Å². The molecule has 0 saturated carbocycles. The first-order chi connectivity index (χ1) is 8.49. The molecule has 0 aliphatic heterocycles. The van der Waals surface area contributed by atoms with Gasteiger partial charge in [0.25, 0.3) is 0 Å². The van der Waals surface area contributed by atoms with Crippen molar-refractivity contribution >= 4 is 27.6 Å². The number of anilines is 2. The number of nitrogens with zero attached hydrogens (tertiary/aromatic N) is 2. The van der Waals surface area contributed by atoms with Crippen molar-refractivity contribution in [2.75, 3.05) is 5.32 Å². The monoisotopic (exact) mass is 315 g/mol. The first kappa shape index (κ1) is 13.0. The standard InChI is InChI=1S/C12H12BrF2N3/c1-7(2)18-4-3-16-12(18)17-11-6-9(14)8(13)5-10(11)15/h3-7H,1-2H3,(H,16,17). The molecule has 96 valence electrons. The summed E-state index contributed by atoms with van der Waals surface area (Å²) in [6, 6.07) is 2.36. The highest BCUT2D eigenvalue weighted by Gasteiger charge is 2.11. The third kappa shape index (κ3) is 2.53. The molecule has 18 heavy (non-hydrogen) atoms. The van der Waals surface area contributed by atoms with Gasteiger partial charge < -0.3 is 9.88 Å². The molecule has 1 heterocycles. The van der Waals surface area contributed by atoms with Gasteiger partial charge in [0.05, 0.1) is 10.2 Å². The molecule has 0 spiro atoms. The lowest BCUT2D eigenvalue weighted by molar-refractivity contribution is 0.593. The van der Waals surface area contributed by atoms with Gasteiger partial charge in [-0.25, -0.2) is 13.8 Å². The maximum absolute atomic E-state index is 13.7. The largest absolute Gasteiger partial charge is 0.323 e. The number of aromatic nitrogens is 2. The summed E-state index contributed by atoms with van der Waals surface area (Å²) in [6.45, 7) is 3.96. The van der Waals surface area contributed by atoms with Gasteiger partial charge in [-0.1, -0.05) is 0 Å². The third-order valence-corrected chi connectivity index (χ3v) is 3.09. The Bertz CT molecular complexity index is 566. The summed E-state index contributed by atoms with van der Waals surface area (Å²) in [5.41, 5.74) is 0.0591. The van der Waals surface area contributed by atoms with Gasteiger partial charge in [0.1, 0.15) is 11.6 Å². The number of benzene rings is 1. The normalized spacial score (nSPS) is 11.0. The van der Waals surface area contributed by atoms with E-state index in [0.717, 1.165) is 12.1 Å². The molecule has 0 bridgehead atoms. The molecule has 3 nitrogen and oxygen atoms in total. The molecule has 0 fully saturated rings. The summed E-state index contributed by atoms with van der Waals surface area (Å²) in [5, 5.41) is 2.79. The van der Waals surface area contributed by atoms with E-state index >= 15 is 0 Å². The minimum atomic E-state index is -0.540. The smallest absolute Gasteiger partial charge is 0.207 e. The Kier molecular flexibility index (Phi) is 3.65. The van der Waals surface area contributed by atoms with Crippen molar-refractivity contribution in [3.63, 3.8) is 0 Å². The van der Waals surface area contributed by atoms with E-state index in [-0.39, 0.29) is 16.2 Å². The van der Waals surface area contributed by atoms with Crippen LogP contribution in [0, 0.1) is 11.6 Å². The van der Waals surface area contributed by atoms with E-state index in [1.165, 1.54) is 0 Å². The molecule has 1 aromatic carbocycles. The Morgan fingerprint density at radius 2 is 2.00 bits per heavy atom. The number of halogens is 3. The molecule has 0 aliphatic rings. The zero-order valence-corrected chi connectivity index (χ0v) is 11.5. The average molecular weight is 316 g/mol. The zero-order chi connectivity index (χ0) is 13.3. The lowest BCUT2D eigenvalue weighted by Crippen LogP contribution is -2.06. The van der Waals surface area contributed by atoms with Gasteiger partial charge in [-0.05, 0) is 35.8 Å². The van der Waals surface area contributed by atoms with Crippen LogP contribution in [0.4, 0.5) is 20.4 Å². The van der Waals surface area contributed by atoms with Gasteiger partial charge >= 0.3 is 0 Å². The lowest BCUT2D eigenvalue weighted by atomic mass is 10.3.